The van der Waals surface area contributed by atoms with Gasteiger partial charge in [-0.15, -0.1) is 0 Å². The monoisotopic (exact) mass is 319 g/mol. The third-order valence-electron chi connectivity index (χ3n) is 3.40. The molecule has 0 saturated carbocycles. The number of methoxy groups -OCH3 is 1. The molecule has 2 aromatic rings. The van der Waals surface area contributed by atoms with Crippen molar-refractivity contribution >= 4 is 22.6 Å². The van der Waals surface area contributed by atoms with E-state index >= 15 is 0 Å². The predicted molar refractivity (Wildman–Crippen MR) is 84.8 cm³/mol. The number of hydrogen-bond acceptors (Lipinski definition) is 5. The summed E-state index contributed by atoms with van der Waals surface area (Å²) in [6, 6.07) is 7.36. The van der Waals surface area contributed by atoms with Crippen LogP contribution in [0.2, 0.25) is 0 Å². The quantitative estimate of drug-likeness (QED) is 0.924. The van der Waals surface area contributed by atoms with Gasteiger partial charge in [0.15, 0.2) is 0 Å². The van der Waals surface area contributed by atoms with Crippen LogP contribution in [0, 0.1) is 6.92 Å². The van der Waals surface area contributed by atoms with E-state index in [1.807, 2.05) is 31.2 Å². The number of benzene rings is 1. The molecule has 116 valence electrons. The van der Waals surface area contributed by atoms with Gasteiger partial charge in [0.1, 0.15) is 23.1 Å². The molecule has 1 aromatic heterocycles. The van der Waals surface area contributed by atoms with Crippen molar-refractivity contribution in [3.63, 3.8) is 0 Å². The van der Waals surface area contributed by atoms with Crippen molar-refractivity contribution in [3.8, 4) is 11.5 Å². The molecular formula is C15H17N3O3S. The van der Waals surface area contributed by atoms with Crippen molar-refractivity contribution < 1.29 is 14.3 Å². The Morgan fingerprint density at radius 3 is 3.05 bits per heavy atom. The largest absolute Gasteiger partial charge is 0.497 e. The second-order valence-electron chi connectivity index (χ2n) is 5.01. The Hall–Kier alpha value is -2.28. The van der Waals surface area contributed by atoms with E-state index in [1.54, 1.807) is 12.0 Å². The number of rotatable bonds is 2. The standard InChI is InChI=1S/C15H17N3O3S/c1-10-7-14(22-17-10)16-15(19)18-5-6-21-13-8-12(20-2)4-3-11(13)9-18/h3-4,7-8H,5-6,9H2,1-2H3,(H,16,19). The molecule has 0 saturated heterocycles. The molecule has 3 rings (SSSR count). The van der Waals surface area contributed by atoms with Gasteiger partial charge in [0.2, 0.25) is 0 Å². The molecule has 0 atom stereocenters. The number of urea groups is 1. The van der Waals surface area contributed by atoms with Crippen molar-refractivity contribution in [2.75, 3.05) is 25.6 Å². The molecule has 0 fully saturated rings. The Labute approximate surface area is 132 Å². The maximum atomic E-state index is 12.4. The second-order valence-corrected chi connectivity index (χ2v) is 5.81. The summed E-state index contributed by atoms with van der Waals surface area (Å²) >= 11 is 1.28. The molecule has 1 aromatic carbocycles. The van der Waals surface area contributed by atoms with E-state index in [0.29, 0.717) is 19.7 Å². The van der Waals surface area contributed by atoms with Gasteiger partial charge >= 0.3 is 6.03 Å². The molecule has 2 amide bonds. The van der Waals surface area contributed by atoms with Crippen LogP contribution in [-0.4, -0.2) is 35.6 Å². The van der Waals surface area contributed by atoms with Crippen LogP contribution in [0.5, 0.6) is 11.5 Å². The second kappa shape index (κ2) is 6.23. The fraction of sp³-hybridized carbons (Fsp3) is 0.333. The van der Waals surface area contributed by atoms with Crippen molar-refractivity contribution in [1.29, 1.82) is 0 Å². The highest BCUT2D eigenvalue weighted by Gasteiger charge is 2.20. The lowest BCUT2D eigenvalue weighted by Gasteiger charge is -2.19. The summed E-state index contributed by atoms with van der Waals surface area (Å²) in [5.74, 6) is 1.51. The topological polar surface area (TPSA) is 63.7 Å². The highest BCUT2D eigenvalue weighted by atomic mass is 32.1. The van der Waals surface area contributed by atoms with Gasteiger partial charge in [0.25, 0.3) is 0 Å². The van der Waals surface area contributed by atoms with Gasteiger partial charge in [-0.05, 0) is 36.7 Å². The van der Waals surface area contributed by atoms with Crippen molar-refractivity contribution in [1.82, 2.24) is 9.27 Å². The lowest BCUT2D eigenvalue weighted by Crippen LogP contribution is -2.35. The number of aryl methyl sites for hydroxylation is 1. The normalized spacial score (nSPS) is 13.8. The summed E-state index contributed by atoms with van der Waals surface area (Å²) in [4.78, 5) is 14.1. The highest BCUT2D eigenvalue weighted by molar-refractivity contribution is 7.10. The first kappa shape index (κ1) is 14.6. The predicted octanol–water partition coefficient (Wildman–Crippen LogP) is 2.89. The zero-order valence-electron chi connectivity index (χ0n) is 12.5. The summed E-state index contributed by atoms with van der Waals surface area (Å²) in [7, 11) is 1.62. The molecule has 1 aliphatic rings. The van der Waals surface area contributed by atoms with E-state index in [1.165, 1.54) is 11.5 Å². The Morgan fingerprint density at radius 2 is 2.32 bits per heavy atom. The number of aromatic nitrogens is 1. The van der Waals surface area contributed by atoms with E-state index in [2.05, 4.69) is 9.69 Å². The molecule has 7 heteroatoms. The van der Waals surface area contributed by atoms with E-state index in [9.17, 15) is 4.79 Å². The van der Waals surface area contributed by atoms with Crippen molar-refractivity contribution in [3.05, 3.63) is 35.5 Å². The molecule has 0 spiro atoms. The number of nitrogens with one attached hydrogen (secondary N) is 1. The van der Waals surface area contributed by atoms with Crippen LogP contribution >= 0.6 is 11.5 Å². The minimum Gasteiger partial charge on any atom is -0.497 e. The molecule has 2 heterocycles. The molecule has 0 aliphatic carbocycles. The first-order valence-corrected chi connectivity index (χ1v) is 7.72. The number of fused-ring (bicyclic) bond motifs is 1. The average molecular weight is 319 g/mol. The molecule has 0 bridgehead atoms. The fourth-order valence-electron chi connectivity index (χ4n) is 2.26. The third kappa shape index (κ3) is 3.14. The molecule has 1 aliphatic heterocycles. The van der Waals surface area contributed by atoms with Crippen LogP contribution in [0.4, 0.5) is 9.80 Å². The summed E-state index contributed by atoms with van der Waals surface area (Å²) < 4.78 is 15.1. The maximum absolute atomic E-state index is 12.4. The van der Waals surface area contributed by atoms with E-state index in [0.717, 1.165) is 27.8 Å². The molecule has 1 N–H and O–H groups in total. The first-order chi connectivity index (χ1) is 10.7. The van der Waals surface area contributed by atoms with E-state index in [4.69, 9.17) is 9.47 Å². The van der Waals surface area contributed by atoms with Crippen LogP contribution < -0.4 is 14.8 Å². The third-order valence-corrected chi connectivity index (χ3v) is 4.20. The van der Waals surface area contributed by atoms with E-state index < -0.39 is 0 Å². The smallest absolute Gasteiger partial charge is 0.322 e. The van der Waals surface area contributed by atoms with Gasteiger partial charge in [-0.25, -0.2) is 4.79 Å². The first-order valence-electron chi connectivity index (χ1n) is 6.94. The molecule has 0 unspecified atom stereocenters. The molecule has 0 radical (unpaired) electrons. The lowest BCUT2D eigenvalue weighted by molar-refractivity contribution is 0.200. The lowest BCUT2D eigenvalue weighted by atomic mass is 10.2. The van der Waals surface area contributed by atoms with Crippen LogP contribution in [0.1, 0.15) is 11.3 Å². The summed E-state index contributed by atoms with van der Waals surface area (Å²) in [6.07, 6.45) is 0. The number of hydrogen-bond donors (Lipinski definition) is 1. The van der Waals surface area contributed by atoms with Gasteiger partial charge in [-0.3, -0.25) is 5.32 Å². The number of carbonyl (C=O) groups excluding carboxylic acids is 1. The number of amides is 2. The number of carbonyl (C=O) groups is 1. The SMILES string of the molecule is COc1ccc2c(c1)OCCN(C(=O)Nc1cc(C)ns1)C2. The van der Waals surface area contributed by atoms with Crippen molar-refractivity contribution in [2.24, 2.45) is 0 Å². The van der Waals surface area contributed by atoms with E-state index in [-0.39, 0.29) is 6.03 Å². The molecule has 22 heavy (non-hydrogen) atoms. The van der Waals surface area contributed by atoms with Gasteiger partial charge in [-0.1, -0.05) is 0 Å². The fourth-order valence-corrected chi connectivity index (χ4v) is 2.91. The minimum absolute atomic E-state index is 0.143. The number of anilines is 1. The van der Waals surface area contributed by atoms with Gasteiger partial charge < -0.3 is 14.4 Å². The Morgan fingerprint density at radius 1 is 1.45 bits per heavy atom. The Kier molecular flexibility index (Phi) is 4.15. The zero-order chi connectivity index (χ0) is 15.5. The van der Waals surface area contributed by atoms with Gasteiger partial charge in [0.05, 0.1) is 25.9 Å². The van der Waals surface area contributed by atoms with Crippen LogP contribution in [-0.2, 0) is 6.54 Å². The molecular weight excluding hydrogens is 302 g/mol. The number of nitrogens with zero attached hydrogens (tertiary/aromatic N) is 2. The summed E-state index contributed by atoms with van der Waals surface area (Å²) in [5, 5.41) is 3.63. The summed E-state index contributed by atoms with van der Waals surface area (Å²) in [5.41, 5.74) is 1.87. The van der Waals surface area contributed by atoms with Crippen LogP contribution in [0.25, 0.3) is 0 Å². The molecule has 6 nitrogen and oxygen atoms in total. The average Bonchev–Trinajstić information content (AvgIpc) is 2.81. The zero-order valence-corrected chi connectivity index (χ0v) is 13.3. The van der Waals surface area contributed by atoms with Crippen molar-refractivity contribution in [2.45, 2.75) is 13.5 Å². The van der Waals surface area contributed by atoms with Gasteiger partial charge in [0, 0.05) is 11.6 Å². The summed E-state index contributed by atoms with van der Waals surface area (Å²) in [6.45, 7) is 3.38. The number of ether oxygens (including phenoxy) is 2. The van der Waals surface area contributed by atoms with Crippen LogP contribution in [0.15, 0.2) is 24.3 Å². The highest BCUT2D eigenvalue weighted by Crippen LogP contribution is 2.28. The Bertz CT molecular complexity index is 686. The minimum atomic E-state index is -0.143. The van der Waals surface area contributed by atoms with Gasteiger partial charge in [-0.2, -0.15) is 4.37 Å². The Balaban J connectivity index is 1.73. The van der Waals surface area contributed by atoms with Crippen LogP contribution in [0.3, 0.4) is 0 Å². The maximum Gasteiger partial charge on any atom is 0.322 e.